The Bertz CT molecular complexity index is 948. The molecular formula is C20H24N4O3. The summed E-state index contributed by atoms with van der Waals surface area (Å²) in [5, 5.41) is 8.68. The molecule has 1 N–H and O–H groups in total. The lowest BCUT2D eigenvalue weighted by Crippen LogP contribution is -2.44. The van der Waals surface area contributed by atoms with E-state index in [-0.39, 0.29) is 12.6 Å². The molecule has 27 heavy (non-hydrogen) atoms. The van der Waals surface area contributed by atoms with Crippen molar-refractivity contribution in [1.29, 1.82) is 0 Å². The van der Waals surface area contributed by atoms with Gasteiger partial charge in [-0.05, 0) is 44.5 Å². The van der Waals surface area contributed by atoms with Crippen molar-refractivity contribution in [2.75, 3.05) is 26.7 Å². The molecule has 0 radical (unpaired) electrons. The van der Waals surface area contributed by atoms with Crippen LogP contribution in [0.1, 0.15) is 41.9 Å². The molecule has 2 aromatic heterocycles. The third-order valence-corrected chi connectivity index (χ3v) is 5.58. The van der Waals surface area contributed by atoms with Crippen LogP contribution in [0.5, 0.6) is 5.75 Å². The number of furan rings is 1. The summed E-state index contributed by atoms with van der Waals surface area (Å²) in [6.45, 7) is 3.06. The SMILES string of the molecule is CN1CCNCC1c1noc(COc2ccc3oc4c(c3c2)CCCC4)n1. The minimum absolute atomic E-state index is 0.144. The molecule has 7 nitrogen and oxygen atoms in total. The lowest BCUT2D eigenvalue weighted by Gasteiger charge is -2.30. The van der Waals surface area contributed by atoms with Crippen LogP contribution in [-0.4, -0.2) is 41.7 Å². The fourth-order valence-corrected chi connectivity index (χ4v) is 4.03. The Labute approximate surface area is 157 Å². The summed E-state index contributed by atoms with van der Waals surface area (Å²) in [6, 6.07) is 6.14. The molecule has 1 saturated heterocycles. The molecule has 3 heterocycles. The van der Waals surface area contributed by atoms with Crippen LogP contribution in [0, 0.1) is 0 Å². The summed E-state index contributed by atoms with van der Waals surface area (Å²) < 4.78 is 17.3. The van der Waals surface area contributed by atoms with Gasteiger partial charge in [0.1, 0.15) is 17.1 Å². The number of aryl methyl sites for hydroxylation is 2. The van der Waals surface area contributed by atoms with Gasteiger partial charge in [0.05, 0.1) is 6.04 Å². The number of benzene rings is 1. The molecule has 0 bridgehead atoms. The molecule has 0 amide bonds. The van der Waals surface area contributed by atoms with E-state index in [1.807, 2.05) is 12.1 Å². The second-order valence-corrected chi connectivity index (χ2v) is 7.40. The van der Waals surface area contributed by atoms with Gasteiger partial charge in [0.15, 0.2) is 12.4 Å². The van der Waals surface area contributed by atoms with Crippen molar-refractivity contribution in [2.24, 2.45) is 0 Å². The average molecular weight is 368 g/mol. The third kappa shape index (κ3) is 3.21. The van der Waals surface area contributed by atoms with Crippen molar-refractivity contribution in [2.45, 2.75) is 38.3 Å². The number of nitrogens with one attached hydrogen (secondary N) is 1. The maximum absolute atomic E-state index is 5.98. The highest BCUT2D eigenvalue weighted by molar-refractivity contribution is 5.84. The van der Waals surface area contributed by atoms with E-state index in [9.17, 15) is 0 Å². The van der Waals surface area contributed by atoms with Crippen LogP contribution in [0.15, 0.2) is 27.1 Å². The molecule has 1 atom stereocenters. The highest BCUT2D eigenvalue weighted by Crippen LogP contribution is 2.34. The molecule has 0 spiro atoms. The first kappa shape index (κ1) is 16.8. The summed E-state index contributed by atoms with van der Waals surface area (Å²) in [6.07, 6.45) is 4.56. The molecule has 1 unspecified atom stereocenters. The number of ether oxygens (including phenoxy) is 1. The first-order chi connectivity index (χ1) is 13.3. The van der Waals surface area contributed by atoms with Crippen LogP contribution in [-0.2, 0) is 19.4 Å². The van der Waals surface area contributed by atoms with Gasteiger partial charge in [0.25, 0.3) is 5.89 Å². The summed E-state index contributed by atoms with van der Waals surface area (Å²) in [4.78, 5) is 6.76. The molecule has 1 fully saturated rings. The summed E-state index contributed by atoms with van der Waals surface area (Å²) >= 11 is 0. The minimum atomic E-state index is 0.144. The monoisotopic (exact) mass is 368 g/mol. The summed E-state index contributed by atoms with van der Waals surface area (Å²) in [5.74, 6) is 3.15. The fraction of sp³-hybridized carbons (Fsp3) is 0.500. The van der Waals surface area contributed by atoms with Crippen LogP contribution in [0.2, 0.25) is 0 Å². The van der Waals surface area contributed by atoms with Crippen LogP contribution >= 0.6 is 0 Å². The van der Waals surface area contributed by atoms with Gasteiger partial charge >= 0.3 is 0 Å². The van der Waals surface area contributed by atoms with Crippen molar-refractivity contribution >= 4 is 11.0 Å². The second kappa shape index (κ2) is 6.98. The molecule has 7 heteroatoms. The number of rotatable bonds is 4. The van der Waals surface area contributed by atoms with Gasteiger partial charge in [-0.3, -0.25) is 4.90 Å². The van der Waals surface area contributed by atoms with Crippen LogP contribution in [0.3, 0.4) is 0 Å². The van der Waals surface area contributed by atoms with Gasteiger partial charge in [-0.2, -0.15) is 4.98 Å². The predicted octanol–water partition coefficient (Wildman–Crippen LogP) is 2.85. The highest BCUT2D eigenvalue weighted by atomic mass is 16.5. The largest absolute Gasteiger partial charge is 0.484 e. The van der Waals surface area contributed by atoms with Gasteiger partial charge in [-0.15, -0.1) is 0 Å². The number of hydrogen-bond acceptors (Lipinski definition) is 7. The van der Waals surface area contributed by atoms with E-state index < -0.39 is 0 Å². The van der Waals surface area contributed by atoms with Crippen LogP contribution in [0.25, 0.3) is 11.0 Å². The van der Waals surface area contributed by atoms with E-state index in [1.165, 1.54) is 23.8 Å². The van der Waals surface area contributed by atoms with Crippen LogP contribution in [0.4, 0.5) is 0 Å². The smallest absolute Gasteiger partial charge is 0.264 e. The zero-order chi connectivity index (χ0) is 18.2. The maximum atomic E-state index is 5.98. The number of hydrogen-bond donors (Lipinski definition) is 1. The van der Waals surface area contributed by atoms with Gasteiger partial charge in [-0.1, -0.05) is 5.16 Å². The zero-order valence-electron chi connectivity index (χ0n) is 15.5. The van der Waals surface area contributed by atoms with Gasteiger partial charge < -0.3 is 19.0 Å². The Morgan fingerprint density at radius 3 is 3.15 bits per heavy atom. The molecule has 3 aromatic rings. The molecule has 5 rings (SSSR count). The summed E-state index contributed by atoms with van der Waals surface area (Å²) in [5.41, 5.74) is 2.29. The fourth-order valence-electron chi connectivity index (χ4n) is 4.03. The lowest BCUT2D eigenvalue weighted by atomic mass is 9.96. The Hall–Kier alpha value is -2.38. The topological polar surface area (TPSA) is 76.6 Å². The minimum Gasteiger partial charge on any atom is -0.484 e. The zero-order valence-corrected chi connectivity index (χ0v) is 15.5. The number of piperazine rings is 1. The highest BCUT2D eigenvalue weighted by Gasteiger charge is 2.25. The van der Waals surface area contributed by atoms with Crippen molar-refractivity contribution in [1.82, 2.24) is 20.4 Å². The Kier molecular flexibility index (Phi) is 4.33. The van der Waals surface area contributed by atoms with E-state index in [1.54, 1.807) is 0 Å². The van der Waals surface area contributed by atoms with Crippen molar-refractivity contribution in [3.63, 3.8) is 0 Å². The molecule has 0 saturated carbocycles. The number of nitrogens with zero attached hydrogens (tertiary/aromatic N) is 3. The standard InChI is InChI=1S/C20H24N4O3/c1-24-9-8-21-11-16(24)20-22-19(27-23-20)12-25-13-6-7-18-15(10-13)14-4-2-3-5-17(14)26-18/h6-7,10,16,21H,2-5,8-9,11-12H2,1H3. The number of aromatic nitrogens is 2. The van der Waals surface area contributed by atoms with Crippen LogP contribution < -0.4 is 10.1 Å². The van der Waals surface area contributed by atoms with E-state index >= 15 is 0 Å². The van der Waals surface area contributed by atoms with Crippen molar-refractivity contribution < 1.29 is 13.7 Å². The molecule has 1 aliphatic heterocycles. The first-order valence-electron chi connectivity index (χ1n) is 9.68. The molecular weight excluding hydrogens is 344 g/mol. The van der Waals surface area contributed by atoms with Gasteiger partial charge in [0, 0.05) is 37.0 Å². The molecule has 1 aliphatic carbocycles. The Morgan fingerprint density at radius 1 is 1.30 bits per heavy atom. The number of likely N-dealkylation sites (N-methyl/N-ethyl adjacent to an activating group) is 1. The van der Waals surface area contributed by atoms with Gasteiger partial charge in [0.2, 0.25) is 0 Å². The van der Waals surface area contributed by atoms with E-state index in [2.05, 4.69) is 33.5 Å². The third-order valence-electron chi connectivity index (χ3n) is 5.58. The molecule has 2 aliphatic rings. The average Bonchev–Trinajstić information content (AvgIpc) is 3.31. The lowest BCUT2D eigenvalue weighted by molar-refractivity contribution is 0.189. The maximum Gasteiger partial charge on any atom is 0.264 e. The first-order valence-corrected chi connectivity index (χ1v) is 9.68. The van der Waals surface area contributed by atoms with Gasteiger partial charge in [-0.25, -0.2) is 0 Å². The van der Waals surface area contributed by atoms with E-state index in [0.717, 1.165) is 49.6 Å². The van der Waals surface area contributed by atoms with E-state index in [4.69, 9.17) is 13.7 Å². The van der Waals surface area contributed by atoms with Crippen molar-refractivity contribution in [3.05, 3.63) is 41.2 Å². The predicted molar refractivity (Wildman–Crippen MR) is 99.7 cm³/mol. The Morgan fingerprint density at radius 2 is 2.22 bits per heavy atom. The quantitative estimate of drug-likeness (QED) is 0.759. The van der Waals surface area contributed by atoms with E-state index in [0.29, 0.717) is 11.7 Å². The second-order valence-electron chi connectivity index (χ2n) is 7.40. The van der Waals surface area contributed by atoms with Crippen molar-refractivity contribution in [3.8, 4) is 5.75 Å². The molecule has 142 valence electrons. The molecule has 1 aromatic carbocycles. The Balaban J connectivity index is 1.30. The normalized spacial score (nSPS) is 20.7. The summed E-state index contributed by atoms with van der Waals surface area (Å²) in [7, 11) is 2.08. The number of fused-ring (bicyclic) bond motifs is 3.